The Morgan fingerprint density at radius 3 is 2.86 bits per heavy atom. The first-order chi connectivity index (χ1) is 14.2. The molecule has 152 valence electrons. The first kappa shape index (κ1) is 19.7. The Labute approximate surface area is 171 Å². The SMILES string of the molecule is COCc1ccc(CN2CCC[C@H](CNC(=O)c3cccc4ccccc34)C2)o1. The van der Waals surface area contributed by atoms with Crippen LogP contribution in [-0.2, 0) is 17.9 Å². The molecule has 1 fully saturated rings. The van der Waals surface area contributed by atoms with Crippen molar-refractivity contribution >= 4 is 16.7 Å². The third-order valence-electron chi connectivity index (χ3n) is 5.57. The first-order valence-corrected chi connectivity index (χ1v) is 10.3. The summed E-state index contributed by atoms with van der Waals surface area (Å²) in [6.45, 7) is 4.04. The van der Waals surface area contributed by atoms with Gasteiger partial charge in [-0.2, -0.15) is 0 Å². The molecule has 0 saturated carbocycles. The molecule has 1 amide bonds. The second-order valence-corrected chi connectivity index (χ2v) is 7.78. The van der Waals surface area contributed by atoms with Crippen LogP contribution in [0.15, 0.2) is 59.0 Å². The summed E-state index contributed by atoms with van der Waals surface area (Å²) >= 11 is 0. The zero-order chi connectivity index (χ0) is 20.1. The maximum atomic E-state index is 12.8. The molecule has 4 rings (SSSR count). The second kappa shape index (κ2) is 9.25. The number of carbonyl (C=O) groups is 1. The van der Waals surface area contributed by atoms with E-state index in [1.54, 1.807) is 7.11 Å². The summed E-state index contributed by atoms with van der Waals surface area (Å²) in [7, 11) is 1.67. The molecule has 1 saturated heterocycles. The second-order valence-electron chi connectivity index (χ2n) is 7.78. The Morgan fingerprint density at radius 1 is 1.14 bits per heavy atom. The summed E-state index contributed by atoms with van der Waals surface area (Å²) in [6, 6.07) is 17.9. The average Bonchev–Trinajstić information content (AvgIpc) is 3.19. The summed E-state index contributed by atoms with van der Waals surface area (Å²) in [5.41, 5.74) is 0.747. The molecule has 0 bridgehead atoms. The number of hydrogen-bond acceptors (Lipinski definition) is 4. The van der Waals surface area contributed by atoms with Crippen LogP contribution >= 0.6 is 0 Å². The largest absolute Gasteiger partial charge is 0.462 e. The van der Waals surface area contributed by atoms with E-state index in [-0.39, 0.29) is 5.91 Å². The van der Waals surface area contributed by atoms with Gasteiger partial charge < -0.3 is 14.5 Å². The van der Waals surface area contributed by atoms with E-state index < -0.39 is 0 Å². The molecule has 1 atom stereocenters. The molecule has 1 aliphatic heterocycles. The van der Waals surface area contributed by atoms with Crippen molar-refractivity contribution in [2.45, 2.75) is 26.0 Å². The predicted molar refractivity (Wildman–Crippen MR) is 114 cm³/mol. The van der Waals surface area contributed by atoms with Crippen LogP contribution in [0.1, 0.15) is 34.7 Å². The maximum Gasteiger partial charge on any atom is 0.251 e. The molecule has 1 N–H and O–H groups in total. The van der Waals surface area contributed by atoms with E-state index in [0.29, 0.717) is 19.1 Å². The number of fused-ring (bicyclic) bond motifs is 1. The molecule has 5 heteroatoms. The predicted octanol–water partition coefficient (Wildman–Crippen LogP) is 4.22. The number of carbonyl (C=O) groups excluding carboxylic acids is 1. The number of likely N-dealkylation sites (tertiary alicyclic amines) is 1. The number of nitrogens with one attached hydrogen (secondary N) is 1. The van der Waals surface area contributed by atoms with Crippen molar-refractivity contribution in [3.8, 4) is 0 Å². The number of rotatable bonds is 7. The van der Waals surface area contributed by atoms with Gasteiger partial charge in [0.15, 0.2) is 0 Å². The fourth-order valence-corrected chi connectivity index (χ4v) is 4.16. The topological polar surface area (TPSA) is 54.7 Å². The molecule has 1 aromatic heterocycles. The van der Waals surface area contributed by atoms with Gasteiger partial charge in [-0.15, -0.1) is 0 Å². The van der Waals surface area contributed by atoms with Crippen LogP contribution in [0.2, 0.25) is 0 Å². The monoisotopic (exact) mass is 392 g/mol. The van der Waals surface area contributed by atoms with Gasteiger partial charge in [0.2, 0.25) is 0 Å². The molecule has 1 aliphatic rings. The first-order valence-electron chi connectivity index (χ1n) is 10.3. The maximum absolute atomic E-state index is 12.8. The van der Waals surface area contributed by atoms with Crippen LogP contribution in [0.5, 0.6) is 0 Å². The highest BCUT2D eigenvalue weighted by molar-refractivity contribution is 6.06. The van der Waals surface area contributed by atoms with Gasteiger partial charge in [-0.25, -0.2) is 0 Å². The number of nitrogens with zero attached hydrogens (tertiary/aromatic N) is 1. The minimum atomic E-state index is 0.00849. The molecule has 29 heavy (non-hydrogen) atoms. The highest BCUT2D eigenvalue weighted by atomic mass is 16.5. The van der Waals surface area contributed by atoms with Gasteiger partial charge in [-0.1, -0.05) is 36.4 Å². The number of piperidine rings is 1. The fraction of sp³-hybridized carbons (Fsp3) is 0.375. The van der Waals surface area contributed by atoms with E-state index in [0.717, 1.165) is 60.3 Å². The molecular formula is C24H28N2O3. The zero-order valence-corrected chi connectivity index (χ0v) is 16.9. The van der Waals surface area contributed by atoms with Crippen molar-refractivity contribution in [1.29, 1.82) is 0 Å². The van der Waals surface area contributed by atoms with Gasteiger partial charge in [0.1, 0.15) is 18.1 Å². The van der Waals surface area contributed by atoms with Crippen LogP contribution in [0, 0.1) is 5.92 Å². The molecule has 2 heterocycles. The van der Waals surface area contributed by atoms with Gasteiger partial charge in [-0.05, 0) is 54.3 Å². The Hall–Kier alpha value is -2.63. The quantitative estimate of drug-likeness (QED) is 0.654. The fourth-order valence-electron chi connectivity index (χ4n) is 4.16. The van der Waals surface area contributed by atoms with Crippen molar-refractivity contribution < 1.29 is 13.9 Å². The third kappa shape index (κ3) is 4.86. The normalized spacial score (nSPS) is 17.5. The highest BCUT2D eigenvalue weighted by Crippen LogP contribution is 2.21. The van der Waals surface area contributed by atoms with Gasteiger partial charge in [0.05, 0.1) is 6.54 Å². The highest BCUT2D eigenvalue weighted by Gasteiger charge is 2.22. The van der Waals surface area contributed by atoms with E-state index in [1.807, 2.05) is 54.6 Å². The third-order valence-corrected chi connectivity index (χ3v) is 5.57. The molecule has 0 aliphatic carbocycles. The Balaban J connectivity index is 1.32. The van der Waals surface area contributed by atoms with Gasteiger partial charge in [0.25, 0.3) is 5.91 Å². The lowest BCUT2D eigenvalue weighted by atomic mass is 9.97. The summed E-state index contributed by atoms with van der Waals surface area (Å²) < 4.78 is 10.9. The van der Waals surface area contributed by atoms with E-state index in [9.17, 15) is 4.79 Å². The average molecular weight is 392 g/mol. The molecular weight excluding hydrogens is 364 g/mol. The lowest BCUT2D eigenvalue weighted by Crippen LogP contribution is -2.40. The number of methoxy groups -OCH3 is 1. The Morgan fingerprint density at radius 2 is 1.97 bits per heavy atom. The van der Waals surface area contributed by atoms with Crippen LogP contribution in [0.4, 0.5) is 0 Å². The molecule has 0 unspecified atom stereocenters. The van der Waals surface area contributed by atoms with Gasteiger partial charge in [0, 0.05) is 25.8 Å². The lowest BCUT2D eigenvalue weighted by molar-refractivity contribution is 0.0929. The number of benzene rings is 2. The minimum Gasteiger partial charge on any atom is -0.462 e. The van der Waals surface area contributed by atoms with Gasteiger partial charge in [-0.3, -0.25) is 9.69 Å². The smallest absolute Gasteiger partial charge is 0.251 e. The summed E-state index contributed by atoms with van der Waals surface area (Å²) in [4.78, 5) is 15.2. The van der Waals surface area contributed by atoms with E-state index in [2.05, 4.69) is 10.2 Å². The van der Waals surface area contributed by atoms with E-state index in [4.69, 9.17) is 9.15 Å². The van der Waals surface area contributed by atoms with Crippen LogP contribution < -0.4 is 5.32 Å². The lowest BCUT2D eigenvalue weighted by Gasteiger charge is -2.32. The minimum absolute atomic E-state index is 0.00849. The Kier molecular flexibility index (Phi) is 6.27. The van der Waals surface area contributed by atoms with Crippen molar-refractivity contribution in [3.63, 3.8) is 0 Å². The number of furan rings is 1. The van der Waals surface area contributed by atoms with Crippen molar-refractivity contribution in [2.24, 2.45) is 5.92 Å². The molecule has 5 nitrogen and oxygen atoms in total. The molecule has 2 aromatic carbocycles. The summed E-state index contributed by atoms with van der Waals surface area (Å²) in [5.74, 6) is 2.29. The number of ether oxygens (including phenoxy) is 1. The van der Waals surface area contributed by atoms with E-state index >= 15 is 0 Å². The number of hydrogen-bond donors (Lipinski definition) is 1. The standard InChI is InChI=1S/C24H28N2O3/c1-28-17-21-12-11-20(29-21)16-26-13-5-6-18(15-26)14-25-24(27)23-10-4-8-19-7-2-3-9-22(19)23/h2-4,7-12,18H,5-6,13-17H2,1H3,(H,25,27)/t18-/m1/s1. The van der Waals surface area contributed by atoms with Crippen molar-refractivity contribution in [1.82, 2.24) is 10.2 Å². The van der Waals surface area contributed by atoms with Crippen LogP contribution in [0.25, 0.3) is 10.8 Å². The van der Waals surface area contributed by atoms with Crippen LogP contribution in [0.3, 0.4) is 0 Å². The van der Waals surface area contributed by atoms with Crippen molar-refractivity contribution in [2.75, 3.05) is 26.7 Å². The molecule has 0 radical (unpaired) electrons. The summed E-state index contributed by atoms with van der Waals surface area (Å²) in [5, 5.41) is 5.26. The Bertz CT molecular complexity index is 960. The van der Waals surface area contributed by atoms with Crippen LogP contribution in [-0.4, -0.2) is 37.6 Å². The molecule has 3 aromatic rings. The van der Waals surface area contributed by atoms with Gasteiger partial charge >= 0.3 is 0 Å². The molecule has 0 spiro atoms. The zero-order valence-electron chi connectivity index (χ0n) is 16.9. The summed E-state index contributed by atoms with van der Waals surface area (Å²) in [6.07, 6.45) is 2.28. The van der Waals surface area contributed by atoms with E-state index in [1.165, 1.54) is 0 Å². The van der Waals surface area contributed by atoms with Crippen molar-refractivity contribution in [3.05, 3.63) is 71.7 Å². The number of amides is 1.